The average molecular weight is 191 g/mol. The van der Waals surface area contributed by atoms with E-state index in [2.05, 4.69) is 0 Å². The van der Waals surface area contributed by atoms with Gasteiger partial charge in [-0.15, -0.1) is 0 Å². The van der Waals surface area contributed by atoms with Gasteiger partial charge in [-0.2, -0.15) is 0 Å². The maximum absolute atomic E-state index is 10.6. The zero-order valence-electron chi connectivity index (χ0n) is 7.29. The van der Waals surface area contributed by atoms with Gasteiger partial charge in [0.25, 0.3) is 0 Å². The third-order valence-corrected chi connectivity index (χ3v) is 2.13. The van der Waals surface area contributed by atoms with Gasteiger partial charge in [-0.25, -0.2) is 4.79 Å². The molecule has 0 saturated heterocycles. The van der Waals surface area contributed by atoms with Gasteiger partial charge < -0.3 is 14.6 Å². The van der Waals surface area contributed by atoms with Crippen molar-refractivity contribution in [2.45, 2.75) is 6.10 Å². The molecule has 4 nitrogen and oxygen atoms in total. The number of pyridine rings is 1. The Morgan fingerprint density at radius 2 is 1.93 bits per heavy atom. The predicted octanol–water partition coefficient (Wildman–Crippen LogP) is 1.06. The summed E-state index contributed by atoms with van der Waals surface area (Å²) in [6.07, 6.45) is 2.13. The summed E-state index contributed by atoms with van der Waals surface area (Å²) in [6.45, 7) is 0. The van der Waals surface area contributed by atoms with Crippen LogP contribution in [0.1, 0.15) is 11.7 Å². The van der Waals surface area contributed by atoms with E-state index in [1.54, 1.807) is 41.1 Å². The number of fused-ring (bicyclic) bond motifs is 1. The lowest BCUT2D eigenvalue weighted by Crippen LogP contribution is -2.11. The Labute approximate surface area is 80.0 Å². The second-order valence-electron chi connectivity index (χ2n) is 3.01. The fraction of sp³-hybridized carbons (Fsp3) is 0.100. The van der Waals surface area contributed by atoms with Gasteiger partial charge in [-0.3, -0.25) is 0 Å². The van der Waals surface area contributed by atoms with E-state index in [-0.39, 0.29) is 0 Å². The normalized spacial score (nSPS) is 12.9. The molecule has 0 amide bonds. The van der Waals surface area contributed by atoms with Crippen molar-refractivity contribution in [1.29, 1.82) is 0 Å². The van der Waals surface area contributed by atoms with Crippen molar-refractivity contribution in [1.82, 2.24) is 4.40 Å². The van der Waals surface area contributed by atoms with Crippen molar-refractivity contribution in [3.05, 3.63) is 42.2 Å². The Balaban J connectivity index is 2.61. The summed E-state index contributed by atoms with van der Waals surface area (Å²) in [5.41, 5.74) is 1.12. The first kappa shape index (κ1) is 8.77. The number of hydrogen-bond acceptors (Lipinski definition) is 2. The number of aliphatic carboxylic acids is 1. The summed E-state index contributed by atoms with van der Waals surface area (Å²) in [7, 11) is 0. The number of rotatable bonds is 2. The van der Waals surface area contributed by atoms with E-state index in [0.717, 1.165) is 0 Å². The Kier molecular flexibility index (Phi) is 1.98. The van der Waals surface area contributed by atoms with Crippen molar-refractivity contribution in [2.24, 2.45) is 0 Å². The van der Waals surface area contributed by atoms with Gasteiger partial charge in [0.2, 0.25) is 0 Å². The van der Waals surface area contributed by atoms with Crippen molar-refractivity contribution < 1.29 is 15.0 Å². The third kappa shape index (κ3) is 1.25. The fourth-order valence-corrected chi connectivity index (χ4v) is 1.46. The molecular weight excluding hydrogens is 182 g/mol. The Hall–Kier alpha value is -1.81. The van der Waals surface area contributed by atoms with E-state index in [4.69, 9.17) is 5.11 Å². The van der Waals surface area contributed by atoms with Crippen molar-refractivity contribution in [2.75, 3.05) is 0 Å². The van der Waals surface area contributed by atoms with Crippen LogP contribution in [0.2, 0.25) is 0 Å². The number of carbonyl (C=O) groups is 1. The van der Waals surface area contributed by atoms with E-state index in [1.807, 2.05) is 0 Å². The Morgan fingerprint density at radius 3 is 2.57 bits per heavy atom. The number of carboxylic acid groups (broad SMARTS) is 1. The van der Waals surface area contributed by atoms with Crippen LogP contribution in [0.3, 0.4) is 0 Å². The molecule has 0 spiro atoms. The summed E-state index contributed by atoms with van der Waals surface area (Å²) >= 11 is 0. The van der Waals surface area contributed by atoms with Crippen LogP contribution in [0.4, 0.5) is 0 Å². The molecule has 2 aromatic heterocycles. The molecule has 0 aromatic carbocycles. The van der Waals surface area contributed by atoms with Crippen LogP contribution in [0.15, 0.2) is 36.7 Å². The van der Waals surface area contributed by atoms with Gasteiger partial charge in [-0.05, 0) is 18.2 Å². The molecule has 2 heterocycles. The molecule has 1 atom stereocenters. The minimum Gasteiger partial charge on any atom is -0.479 e. The number of aliphatic hydroxyl groups excluding tert-OH is 1. The zero-order valence-corrected chi connectivity index (χ0v) is 7.29. The first-order chi connectivity index (χ1) is 6.70. The Morgan fingerprint density at radius 1 is 1.29 bits per heavy atom. The van der Waals surface area contributed by atoms with E-state index in [9.17, 15) is 9.90 Å². The standard InChI is InChI=1S/C10H9NO3/c12-9(10(13)14)7-3-1-5-11-6-2-4-8(7)11/h1-6,9,12H,(H,13,14). The van der Waals surface area contributed by atoms with Crippen molar-refractivity contribution in [3.63, 3.8) is 0 Å². The topological polar surface area (TPSA) is 61.9 Å². The van der Waals surface area contributed by atoms with E-state index in [1.165, 1.54) is 0 Å². The first-order valence-electron chi connectivity index (χ1n) is 4.16. The third-order valence-electron chi connectivity index (χ3n) is 2.13. The maximum Gasteiger partial charge on any atom is 0.337 e. The zero-order chi connectivity index (χ0) is 10.1. The monoisotopic (exact) mass is 191 g/mol. The lowest BCUT2D eigenvalue weighted by molar-refractivity contribution is -0.146. The molecule has 14 heavy (non-hydrogen) atoms. The lowest BCUT2D eigenvalue weighted by atomic mass is 10.1. The predicted molar refractivity (Wildman–Crippen MR) is 50.0 cm³/mol. The molecule has 72 valence electrons. The van der Waals surface area contributed by atoms with Crippen LogP contribution in [0.5, 0.6) is 0 Å². The van der Waals surface area contributed by atoms with E-state index >= 15 is 0 Å². The van der Waals surface area contributed by atoms with E-state index in [0.29, 0.717) is 11.1 Å². The average Bonchev–Trinajstić information content (AvgIpc) is 2.63. The van der Waals surface area contributed by atoms with E-state index < -0.39 is 12.1 Å². The van der Waals surface area contributed by atoms with Crippen LogP contribution >= 0.6 is 0 Å². The molecule has 0 aliphatic rings. The maximum atomic E-state index is 10.6. The first-order valence-corrected chi connectivity index (χ1v) is 4.16. The quantitative estimate of drug-likeness (QED) is 0.746. The molecule has 0 radical (unpaired) electrons. The van der Waals surface area contributed by atoms with Gasteiger partial charge in [0.05, 0.1) is 5.52 Å². The van der Waals surface area contributed by atoms with Crippen LogP contribution in [0, 0.1) is 0 Å². The van der Waals surface area contributed by atoms with Crippen LogP contribution in [0.25, 0.3) is 5.52 Å². The second kappa shape index (κ2) is 3.16. The summed E-state index contributed by atoms with van der Waals surface area (Å²) in [4.78, 5) is 10.6. The second-order valence-corrected chi connectivity index (χ2v) is 3.01. The van der Waals surface area contributed by atoms with Crippen molar-refractivity contribution in [3.8, 4) is 0 Å². The minimum absolute atomic E-state index is 0.407. The highest BCUT2D eigenvalue weighted by Crippen LogP contribution is 2.19. The minimum atomic E-state index is -1.46. The largest absolute Gasteiger partial charge is 0.479 e. The molecule has 2 N–H and O–H groups in total. The highest BCUT2D eigenvalue weighted by Gasteiger charge is 2.18. The molecule has 1 unspecified atom stereocenters. The van der Waals surface area contributed by atoms with Gasteiger partial charge in [0.15, 0.2) is 6.10 Å². The smallest absolute Gasteiger partial charge is 0.337 e. The number of hydrogen-bond donors (Lipinski definition) is 2. The lowest BCUT2D eigenvalue weighted by Gasteiger charge is -2.07. The van der Waals surface area contributed by atoms with Gasteiger partial charge in [0, 0.05) is 18.0 Å². The molecule has 0 aliphatic heterocycles. The highest BCUT2D eigenvalue weighted by atomic mass is 16.4. The van der Waals surface area contributed by atoms with Gasteiger partial charge in [0.1, 0.15) is 0 Å². The summed E-state index contributed by atoms with van der Waals surface area (Å²) in [6, 6.07) is 6.87. The highest BCUT2D eigenvalue weighted by molar-refractivity contribution is 5.77. The SMILES string of the molecule is O=C(O)C(O)c1cccn2cccc12. The molecular formula is C10H9NO3. The number of aromatic nitrogens is 1. The molecule has 0 bridgehead atoms. The number of aliphatic hydroxyl groups is 1. The van der Waals surface area contributed by atoms with Crippen LogP contribution in [-0.4, -0.2) is 20.6 Å². The fourth-order valence-electron chi connectivity index (χ4n) is 1.46. The molecule has 2 aromatic rings. The Bertz CT molecular complexity index is 475. The van der Waals surface area contributed by atoms with Crippen LogP contribution < -0.4 is 0 Å². The molecule has 4 heteroatoms. The van der Waals surface area contributed by atoms with Crippen molar-refractivity contribution >= 4 is 11.5 Å². The number of nitrogens with zero attached hydrogens (tertiary/aromatic N) is 1. The van der Waals surface area contributed by atoms with Gasteiger partial charge in [-0.1, -0.05) is 6.07 Å². The summed E-state index contributed by atoms with van der Waals surface area (Å²) in [5, 5.41) is 18.1. The molecule has 0 fully saturated rings. The molecule has 0 saturated carbocycles. The summed E-state index contributed by atoms with van der Waals surface area (Å²) < 4.78 is 1.77. The number of carboxylic acids is 1. The summed E-state index contributed by atoms with van der Waals surface area (Å²) in [5.74, 6) is -1.24. The molecule has 2 rings (SSSR count). The van der Waals surface area contributed by atoms with Gasteiger partial charge >= 0.3 is 5.97 Å². The van der Waals surface area contributed by atoms with Crippen LogP contribution in [-0.2, 0) is 4.79 Å². The molecule has 0 aliphatic carbocycles.